The number of pyridine rings is 1. The number of aliphatic imine (C=N–C) groups is 1. The lowest BCUT2D eigenvalue weighted by molar-refractivity contribution is 0.312. The number of anilines is 1. The molecule has 160 valence electrons. The highest BCUT2D eigenvalue weighted by Gasteiger charge is 2.15. The van der Waals surface area contributed by atoms with Gasteiger partial charge >= 0.3 is 0 Å². The first-order valence-corrected chi connectivity index (χ1v) is 10.4. The smallest absolute Gasteiger partial charge is 0.191 e. The molecule has 2 heterocycles. The minimum Gasteiger partial charge on any atom is -0.357 e. The predicted octanol–water partition coefficient (Wildman–Crippen LogP) is 3.33. The van der Waals surface area contributed by atoms with E-state index in [0.29, 0.717) is 12.6 Å². The van der Waals surface area contributed by atoms with Crippen LogP contribution < -0.4 is 15.5 Å². The molecule has 1 saturated heterocycles. The fourth-order valence-electron chi connectivity index (χ4n) is 3.15. The Hall–Kier alpha value is -1.09. The van der Waals surface area contributed by atoms with Gasteiger partial charge in [0.2, 0.25) is 0 Å². The molecule has 6 nitrogen and oxygen atoms in total. The molecule has 1 aliphatic rings. The molecular formula is C21H39IN6. The van der Waals surface area contributed by atoms with Gasteiger partial charge in [0, 0.05) is 45.0 Å². The van der Waals surface area contributed by atoms with Crippen molar-refractivity contribution in [3.8, 4) is 0 Å². The molecule has 1 aromatic rings. The van der Waals surface area contributed by atoms with Gasteiger partial charge in [-0.2, -0.15) is 0 Å². The summed E-state index contributed by atoms with van der Waals surface area (Å²) in [6.45, 7) is 14.7. The van der Waals surface area contributed by atoms with Gasteiger partial charge in [-0.05, 0) is 57.4 Å². The molecule has 0 aliphatic carbocycles. The van der Waals surface area contributed by atoms with E-state index in [2.05, 4.69) is 72.3 Å². The van der Waals surface area contributed by atoms with Gasteiger partial charge in [-0.1, -0.05) is 13.8 Å². The van der Waals surface area contributed by atoms with Crippen molar-refractivity contribution in [3.63, 3.8) is 0 Å². The fourth-order valence-corrected chi connectivity index (χ4v) is 3.15. The number of nitrogens with one attached hydrogen (secondary N) is 2. The highest BCUT2D eigenvalue weighted by molar-refractivity contribution is 14.0. The summed E-state index contributed by atoms with van der Waals surface area (Å²) >= 11 is 0. The number of hydrogen-bond donors (Lipinski definition) is 2. The van der Waals surface area contributed by atoms with Crippen LogP contribution in [0.15, 0.2) is 23.3 Å². The zero-order chi connectivity index (χ0) is 19.6. The molecule has 7 heteroatoms. The van der Waals surface area contributed by atoms with E-state index < -0.39 is 0 Å². The average Bonchev–Trinajstić information content (AvgIpc) is 2.65. The molecule has 0 radical (unpaired) electrons. The van der Waals surface area contributed by atoms with E-state index in [1.54, 1.807) is 0 Å². The molecular weight excluding hydrogens is 463 g/mol. The molecule has 1 atom stereocenters. The Kier molecular flexibility index (Phi) is 11.8. The van der Waals surface area contributed by atoms with E-state index in [0.717, 1.165) is 56.8 Å². The predicted molar refractivity (Wildman–Crippen MR) is 131 cm³/mol. The van der Waals surface area contributed by atoms with Crippen LogP contribution in [-0.4, -0.2) is 61.7 Å². The number of nitrogens with zero attached hydrogens (tertiary/aromatic N) is 4. The summed E-state index contributed by atoms with van der Waals surface area (Å²) in [6.07, 6.45) is 4.29. The van der Waals surface area contributed by atoms with Gasteiger partial charge in [0.1, 0.15) is 5.82 Å². The quantitative estimate of drug-likeness (QED) is 0.325. The molecule has 0 aromatic carbocycles. The molecule has 1 aliphatic heterocycles. The van der Waals surface area contributed by atoms with Crippen LogP contribution in [0.1, 0.15) is 46.1 Å². The van der Waals surface area contributed by atoms with Crippen molar-refractivity contribution in [2.45, 2.75) is 53.1 Å². The summed E-state index contributed by atoms with van der Waals surface area (Å²) in [5.74, 6) is 2.70. The van der Waals surface area contributed by atoms with Crippen molar-refractivity contribution in [3.05, 3.63) is 23.9 Å². The van der Waals surface area contributed by atoms with E-state index in [9.17, 15) is 0 Å². The lowest BCUT2D eigenvalue weighted by Crippen LogP contribution is -2.44. The molecule has 0 spiro atoms. The lowest BCUT2D eigenvalue weighted by Gasteiger charge is -2.33. The topological polar surface area (TPSA) is 55.8 Å². The Bertz CT molecular complexity index is 584. The first kappa shape index (κ1) is 24.9. The minimum atomic E-state index is 0. The Morgan fingerprint density at radius 2 is 1.89 bits per heavy atom. The van der Waals surface area contributed by atoms with Gasteiger partial charge in [0.15, 0.2) is 5.96 Å². The molecule has 0 saturated carbocycles. The SMILES string of the molecule is CCNC(=NCc1ccnc(N2CCN(C)CC2)c1)NC(C)CCC(C)C.I. The van der Waals surface area contributed by atoms with Gasteiger partial charge in [0.25, 0.3) is 0 Å². The maximum atomic E-state index is 4.79. The number of piperazine rings is 1. The largest absolute Gasteiger partial charge is 0.357 e. The second-order valence-corrected chi connectivity index (χ2v) is 8.02. The van der Waals surface area contributed by atoms with Crippen molar-refractivity contribution < 1.29 is 0 Å². The van der Waals surface area contributed by atoms with Crippen LogP contribution in [0.5, 0.6) is 0 Å². The Labute approximate surface area is 188 Å². The third-order valence-corrected chi connectivity index (χ3v) is 4.96. The Morgan fingerprint density at radius 1 is 1.18 bits per heavy atom. The van der Waals surface area contributed by atoms with Gasteiger partial charge < -0.3 is 20.4 Å². The maximum absolute atomic E-state index is 4.79. The monoisotopic (exact) mass is 502 g/mol. The van der Waals surface area contributed by atoms with Gasteiger partial charge in [-0.15, -0.1) is 24.0 Å². The number of hydrogen-bond acceptors (Lipinski definition) is 4. The summed E-state index contributed by atoms with van der Waals surface area (Å²) in [6, 6.07) is 4.67. The van der Waals surface area contributed by atoms with Crippen LogP contribution in [0.25, 0.3) is 0 Å². The van der Waals surface area contributed by atoms with Gasteiger partial charge in [-0.25, -0.2) is 9.98 Å². The third kappa shape index (κ3) is 8.94. The second kappa shape index (κ2) is 13.2. The van der Waals surface area contributed by atoms with Crippen LogP contribution in [0, 0.1) is 5.92 Å². The van der Waals surface area contributed by atoms with Crippen LogP contribution in [0.2, 0.25) is 0 Å². The Morgan fingerprint density at radius 3 is 2.54 bits per heavy atom. The molecule has 1 unspecified atom stereocenters. The van der Waals surface area contributed by atoms with E-state index in [-0.39, 0.29) is 24.0 Å². The van der Waals surface area contributed by atoms with Crippen LogP contribution >= 0.6 is 24.0 Å². The second-order valence-electron chi connectivity index (χ2n) is 8.02. The van der Waals surface area contributed by atoms with Crippen LogP contribution in [-0.2, 0) is 6.54 Å². The summed E-state index contributed by atoms with van der Waals surface area (Å²) in [5, 5.41) is 6.90. The molecule has 2 rings (SSSR count). The third-order valence-electron chi connectivity index (χ3n) is 4.96. The molecule has 0 amide bonds. The normalized spacial score (nSPS) is 16.6. The average molecular weight is 502 g/mol. The summed E-state index contributed by atoms with van der Waals surface area (Å²) in [5.41, 5.74) is 1.20. The number of halogens is 1. The summed E-state index contributed by atoms with van der Waals surface area (Å²) in [7, 11) is 2.17. The van der Waals surface area contributed by atoms with Crippen molar-refractivity contribution in [1.82, 2.24) is 20.5 Å². The fraction of sp³-hybridized carbons (Fsp3) is 0.714. The van der Waals surface area contributed by atoms with E-state index >= 15 is 0 Å². The Balaban J connectivity index is 0.00000392. The molecule has 1 fully saturated rings. The van der Waals surface area contributed by atoms with Crippen LogP contribution in [0.3, 0.4) is 0 Å². The van der Waals surface area contributed by atoms with Crippen molar-refractivity contribution in [1.29, 1.82) is 0 Å². The van der Waals surface area contributed by atoms with Gasteiger partial charge in [-0.3, -0.25) is 0 Å². The van der Waals surface area contributed by atoms with Crippen molar-refractivity contribution in [2.75, 3.05) is 44.7 Å². The van der Waals surface area contributed by atoms with Crippen LogP contribution in [0.4, 0.5) is 5.82 Å². The highest BCUT2D eigenvalue weighted by Crippen LogP contribution is 2.15. The lowest BCUT2D eigenvalue weighted by atomic mass is 10.0. The standard InChI is InChI=1S/C21H38N6.HI/c1-6-22-21(25-18(4)8-7-17(2)3)24-16-19-9-10-23-20(15-19)27-13-11-26(5)12-14-27;/h9-10,15,17-18H,6-8,11-14,16H2,1-5H3,(H2,22,24,25);1H. The van der Waals surface area contributed by atoms with E-state index in [1.165, 1.54) is 12.0 Å². The van der Waals surface area contributed by atoms with E-state index in [1.807, 2.05) is 6.20 Å². The van der Waals surface area contributed by atoms with E-state index in [4.69, 9.17) is 4.99 Å². The zero-order valence-corrected chi connectivity index (χ0v) is 20.6. The molecule has 1 aromatic heterocycles. The number of guanidine groups is 1. The first-order chi connectivity index (χ1) is 13.0. The molecule has 2 N–H and O–H groups in total. The highest BCUT2D eigenvalue weighted by atomic mass is 127. The van der Waals surface area contributed by atoms with Crippen molar-refractivity contribution >= 4 is 35.8 Å². The summed E-state index contributed by atoms with van der Waals surface area (Å²) in [4.78, 5) is 14.1. The van der Waals surface area contributed by atoms with Gasteiger partial charge in [0.05, 0.1) is 6.54 Å². The molecule has 28 heavy (non-hydrogen) atoms. The molecule has 0 bridgehead atoms. The van der Waals surface area contributed by atoms with Crippen molar-refractivity contribution in [2.24, 2.45) is 10.9 Å². The zero-order valence-electron chi connectivity index (χ0n) is 18.2. The number of likely N-dealkylation sites (N-methyl/N-ethyl adjacent to an activating group) is 1. The summed E-state index contributed by atoms with van der Waals surface area (Å²) < 4.78 is 0. The minimum absolute atomic E-state index is 0. The first-order valence-electron chi connectivity index (χ1n) is 10.4. The number of aromatic nitrogens is 1. The maximum Gasteiger partial charge on any atom is 0.191 e. The number of rotatable bonds is 8.